The highest BCUT2D eigenvalue weighted by atomic mass is 127. The van der Waals surface area contributed by atoms with E-state index in [0.717, 1.165) is 20.5 Å². The molecule has 2 N–H and O–H groups in total. The molecule has 2 aromatic rings. The first kappa shape index (κ1) is 17.3. The second kappa shape index (κ2) is 8.52. The van der Waals surface area contributed by atoms with Gasteiger partial charge in [-0.2, -0.15) is 5.10 Å². The number of amides is 1. The minimum atomic E-state index is -0.190. The van der Waals surface area contributed by atoms with Crippen LogP contribution < -0.4 is 15.6 Å². The van der Waals surface area contributed by atoms with Crippen LogP contribution in [0.5, 0.6) is 0 Å². The Morgan fingerprint density at radius 1 is 1.13 bits per heavy atom. The Bertz CT molecular complexity index is 666. The third-order valence-electron chi connectivity index (χ3n) is 3.11. The Balaban J connectivity index is 1.78. The smallest absolute Gasteiger partial charge is 0.259 e. The van der Waals surface area contributed by atoms with Crippen molar-refractivity contribution < 1.29 is 4.79 Å². The predicted octanol–water partition coefficient (Wildman–Crippen LogP) is 2.92. The van der Waals surface area contributed by atoms with E-state index in [2.05, 4.69) is 38.4 Å². The number of benzene rings is 2. The molecule has 6 heteroatoms. The number of nitrogens with zero attached hydrogens (tertiary/aromatic N) is 2. The number of hydrazone groups is 1. The summed E-state index contributed by atoms with van der Waals surface area (Å²) < 4.78 is 1.16. The molecule has 0 saturated carbocycles. The summed E-state index contributed by atoms with van der Waals surface area (Å²) in [6.45, 7) is 0.178. The first-order valence-electron chi connectivity index (χ1n) is 7.13. The van der Waals surface area contributed by atoms with Gasteiger partial charge in [0.2, 0.25) is 0 Å². The SMILES string of the molecule is CN(C)c1ccc(/C=N/NC(=O)CNc2ccc(I)cc2)cc1. The Labute approximate surface area is 149 Å². The van der Waals surface area contributed by atoms with Crippen LogP contribution in [0.1, 0.15) is 5.56 Å². The van der Waals surface area contributed by atoms with Crippen molar-refractivity contribution in [3.8, 4) is 0 Å². The molecule has 0 spiro atoms. The van der Waals surface area contributed by atoms with E-state index in [1.165, 1.54) is 0 Å². The molecule has 0 saturated heterocycles. The standard InChI is InChI=1S/C17H19IN4O/c1-22(2)16-9-3-13(4-10-16)11-20-21-17(23)12-19-15-7-5-14(18)6-8-15/h3-11,19H,12H2,1-2H3,(H,21,23)/b20-11+. The van der Waals surface area contributed by atoms with Crippen molar-refractivity contribution in [3.63, 3.8) is 0 Å². The molecule has 23 heavy (non-hydrogen) atoms. The average Bonchev–Trinajstić information content (AvgIpc) is 2.55. The second-order valence-electron chi connectivity index (χ2n) is 5.14. The van der Waals surface area contributed by atoms with Crippen LogP contribution in [0.3, 0.4) is 0 Å². The fourth-order valence-corrected chi connectivity index (χ4v) is 2.19. The first-order valence-corrected chi connectivity index (χ1v) is 8.21. The van der Waals surface area contributed by atoms with Crippen LogP contribution in [-0.4, -0.2) is 32.8 Å². The minimum absolute atomic E-state index is 0.178. The number of halogens is 1. The lowest BCUT2D eigenvalue weighted by molar-refractivity contribution is -0.119. The van der Waals surface area contributed by atoms with Gasteiger partial charge in [0, 0.05) is 29.0 Å². The summed E-state index contributed by atoms with van der Waals surface area (Å²) in [5.74, 6) is -0.190. The van der Waals surface area contributed by atoms with Crippen LogP contribution in [0.15, 0.2) is 53.6 Å². The van der Waals surface area contributed by atoms with E-state index in [9.17, 15) is 4.79 Å². The lowest BCUT2D eigenvalue weighted by Crippen LogP contribution is -2.25. The van der Waals surface area contributed by atoms with Crippen LogP contribution in [-0.2, 0) is 4.79 Å². The van der Waals surface area contributed by atoms with Crippen molar-refractivity contribution in [1.29, 1.82) is 0 Å². The summed E-state index contributed by atoms with van der Waals surface area (Å²) in [7, 11) is 3.98. The Morgan fingerprint density at radius 2 is 1.78 bits per heavy atom. The molecule has 0 aliphatic carbocycles. The monoisotopic (exact) mass is 422 g/mol. The maximum atomic E-state index is 11.7. The predicted molar refractivity (Wildman–Crippen MR) is 104 cm³/mol. The van der Waals surface area contributed by atoms with Gasteiger partial charge in [0.15, 0.2) is 0 Å². The van der Waals surface area contributed by atoms with Crippen LogP contribution in [0.2, 0.25) is 0 Å². The zero-order chi connectivity index (χ0) is 16.7. The summed E-state index contributed by atoms with van der Waals surface area (Å²) in [5.41, 5.74) is 5.46. The molecule has 0 fully saturated rings. The summed E-state index contributed by atoms with van der Waals surface area (Å²) in [5, 5.41) is 7.01. The van der Waals surface area contributed by atoms with Crippen LogP contribution in [0.25, 0.3) is 0 Å². The van der Waals surface area contributed by atoms with E-state index < -0.39 is 0 Å². The third-order valence-corrected chi connectivity index (χ3v) is 3.83. The van der Waals surface area contributed by atoms with E-state index in [1.54, 1.807) is 6.21 Å². The molecule has 0 aliphatic heterocycles. The molecule has 0 radical (unpaired) electrons. The van der Waals surface area contributed by atoms with E-state index in [4.69, 9.17) is 0 Å². The van der Waals surface area contributed by atoms with Crippen molar-refractivity contribution in [2.75, 3.05) is 30.9 Å². The maximum absolute atomic E-state index is 11.7. The Hall–Kier alpha value is -2.09. The average molecular weight is 422 g/mol. The number of anilines is 2. The largest absolute Gasteiger partial charge is 0.378 e. The van der Waals surface area contributed by atoms with Crippen LogP contribution >= 0.6 is 22.6 Å². The zero-order valence-corrected chi connectivity index (χ0v) is 15.2. The zero-order valence-electron chi connectivity index (χ0n) is 13.1. The molecule has 2 rings (SSSR count). The topological polar surface area (TPSA) is 56.7 Å². The highest BCUT2D eigenvalue weighted by Gasteiger charge is 1.99. The maximum Gasteiger partial charge on any atom is 0.259 e. The molecule has 0 unspecified atom stereocenters. The molecule has 120 valence electrons. The quantitative estimate of drug-likeness (QED) is 0.428. The Kier molecular flexibility index (Phi) is 6.40. The summed E-state index contributed by atoms with van der Waals surface area (Å²) >= 11 is 2.24. The van der Waals surface area contributed by atoms with Gasteiger partial charge in [-0.15, -0.1) is 0 Å². The fourth-order valence-electron chi connectivity index (χ4n) is 1.83. The summed E-state index contributed by atoms with van der Waals surface area (Å²) in [6, 6.07) is 15.7. The van der Waals surface area contributed by atoms with Gasteiger partial charge >= 0.3 is 0 Å². The lowest BCUT2D eigenvalue weighted by atomic mass is 10.2. The van der Waals surface area contributed by atoms with Gasteiger partial charge in [-0.05, 0) is 64.6 Å². The van der Waals surface area contributed by atoms with Gasteiger partial charge in [0.05, 0.1) is 12.8 Å². The van der Waals surface area contributed by atoms with Crippen molar-refractivity contribution in [3.05, 3.63) is 57.7 Å². The summed E-state index contributed by atoms with van der Waals surface area (Å²) in [6.07, 6.45) is 1.63. The number of hydrogen-bond acceptors (Lipinski definition) is 4. The highest BCUT2D eigenvalue weighted by molar-refractivity contribution is 14.1. The number of carbonyl (C=O) groups excluding carboxylic acids is 1. The molecule has 0 aliphatic rings. The van der Waals surface area contributed by atoms with E-state index in [-0.39, 0.29) is 12.5 Å². The number of rotatable bonds is 6. The number of hydrogen-bond donors (Lipinski definition) is 2. The van der Waals surface area contributed by atoms with Gasteiger partial charge in [-0.1, -0.05) is 12.1 Å². The number of carbonyl (C=O) groups is 1. The van der Waals surface area contributed by atoms with Gasteiger partial charge < -0.3 is 10.2 Å². The third kappa shape index (κ3) is 5.90. The van der Waals surface area contributed by atoms with E-state index in [0.29, 0.717) is 0 Å². The van der Waals surface area contributed by atoms with Crippen molar-refractivity contribution in [2.45, 2.75) is 0 Å². The van der Waals surface area contributed by atoms with Gasteiger partial charge in [0.25, 0.3) is 5.91 Å². The molecule has 5 nitrogen and oxygen atoms in total. The Morgan fingerprint density at radius 3 is 2.39 bits per heavy atom. The molecule has 0 atom stereocenters. The molecule has 0 heterocycles. The molecule has 1 amide bonds. The highest BCUT2D eigenvalue weighted by Crippen LogP contribution is 2.11. The van der Waals surface area contributed by atoms with Crippen LogP contribution in [0, 0.1) is 3.57 Å². The number of nitrogens with one attached hydrogen (secondary N) is 2. The van der Waals surface area contributed by atoms with Gasteiger partial charge in [0.1, 0.15) is 0 Å². The molecular formula is C17H19IN4O. The van der Waals surface area contributed by atoms with Gasteiger partial charge in [-0.25, -0.2) is 5.43 Å². The molecular weight excluding hydrogens is 403 g/mol. The van der Waals surface area contributed by atoms with Gasteiger partial charge in [-0.3, -0.25) is 4.79 Å². The van der Waals surface area contributed by atoms with E-state index in [1.807, 2.05) is 67.5 Å². The molecule has 2 aromatic carbocycles. The molecule has 0 aromatic heterocycles. The van der Waals surface area contributed by atoms with Crippen LogP contribution in [0.4, 0.5) is 11.4 Å². The van der Waals surface area contributed by atoms with Crippen molar-refractivity contribution in [2.24, 2.45) is 5.10 Å². The van der Waals surface area contributed by atoms with Crippen molar-refractivity contribution in [1.82, 2.24) is 5.43 Å². The molecule has 0 bridgehead atoms. The normalized spacial score (nSPS) is 10.6. The fraction of sp³-hybridized carbons (Fsp3) is 0.176. The second-order valence-corrected chi connectivity index (χ2v) is 6.39. The first-order chi connectivity index (χ1) is 11.0. The van der Waals surface area contributed by atoms with E-state index >= 15 is 0 Å². The minimum Gasteiger partial charge on any atom is -0.378 e. The summed E-state index contributed by atoms with van der Waals surface area (Å²) in [4.78, 5) is 13.7. The lowest BCUT2D eigenvalue weighted by Gasteiger charge is -2.11. The van der Waals surface area contributed by atoms with Crippen molar-refractivity contribution >= 4 is 46.1 Å².